The molecule has 1 saturated heterocycles. The van der Waals surface area contributed by atoms with Gasteiger partial charge in [0.15, 0.2) is 0 Å². The molecule has 10 nitrogen and oxygen atoms in total. The molecule has 204 valence electrons. The molecule has 3 atom stereocenters. The largest absolute Gasteiger partial charge is 0.481 e. The number of halogens is 1. The standard InChI is InChI=1S/C27H30FN7O3S/c1-4-30-25(38)34-27(22-14-29-10-8-26(22,3)24(36)37)32-9-5-11-35(27)17-12-18(23-21(13-17)31-15-39-23)20-7-6-19(28)16(2)33-20/h5-7,9,11-13,15,22,29H,4,8,10,14H2,1-3H3,(H,36,37)(H2,30,34,38). The lowest BCUT2D eigenvalue weighted by Gasteiger charge is -2.52. The first-order valence-corrected chi connectivity index (χ1v) is 13.6. The van der Waals surface area contributed by atoms with Crippen molar-refractivity contribution in [2.75, 3.05) is 24.5 Å². The van der Waals surface area contributed by atoms with Crippen LogP contribution in [0.5, 0.6) is 0 Å². The number of aryl methyl sites for hydroxylation is 1. The first kappa shape index (κ1) is 26.7. The second-order valence-electron chi connectivity index (χ2n) is 9.89. The molecular weight excluding hydrogens is 521 g/mol. The van der Waals surface area contributed by atoms with Crippen molar-refractivity contribution >= 4 is 45.5 Å². The Morgan fingerprint density at radius 2 is 2.15 bits per heavy atom. The Hall–Kier alpha value is -3.90. The number of benzene rings is 1. The van der Waals surface area contributed by atoms with Gasteiger partial charge in [0, 0.05) is 36.8 Å². The zero-order valence-corrected chi connectivity index (χ0v) is 22.7. The number of thiazole rings is 1. The van der Waals surface area contributed by atoms with Gasteiger partial charge < -0.3 is 20.6 Å². The summed E-state index contributed by atoms with van der Waals surface area (Å²) < 4.78 is 14.9. The van der Waals surface area contributed by atoms with Crippen LogP contribution >= 0.6 is 11.3 Å². The Labute approximate surface area is 229 Å². The fourth-order valence-corrected chi connectivity index (χ4v) is 6.16. The Morgan fingerprint density at radius 1 is 1.33 bits per heavy atom. The summed E-state index contributed by atoms with van der Waals surface area (Å²) in [6.07, 6.45) is 5.44. The molecule has 1 fully saturated rings. The summed E-state index contributed by atoms with van der Waals surface area (Å²) in [5.74, 6) is -3.51. The number of carboxylic acids is 1. The van der Waals surface area contributed by atoms with Crippen LogP contribution in [0.3, 0.4) is 0 Å². The smallest absolute Gasteiger partial charge is 0.318 e. The maximum absolute atomic E-state index is 14.1. The first-order valence-electron chi connectivity index (χ1n) is 12.7. The average molecular weight is 552 g/mol. The van der Waals surface area contributed by atoms with Crippen LogP contribution in [0.4, 0.5) is 14.9 Å². The molecule has 0 aliphatic carbocycles. The van der Waals surface area contributed by atoms with E-state index in [9.17, 15) is 19.1 Å². The van der Waals surface area contributed by atoms with E-state index in [0.717, 1.165) is 10.3 Å². The molecule has 2 aliphatic heterocycles. The number of aliphatic imine (C=N–C) groups is 1. The van der Waals surface area contributed by atoms with Crippen LogP contribution in [0.25, 0.3) is 21.5 Å². The van der Waals surface area contributed by atoms with Crippen molar-refractivity contribution in [3.8, 4) is 11.3 Å². The Morgan fingerprint density at radius 3 is 2.90 bits per heavy atom. The van der Waals surface area contributed by atoms with Crippen molar-refractivity contribution in [3.05, 3.63) is 53.6 Å². The number of nitrogens with one attached hydrogen (secondary N) is 3. The second kappa shape index (κ2) is 10.3. The summed E-state index contributed by atoms with van der Waals surface area (Å²) in [5.41, 5.74) is 3.43. The van der Waals surface area contributed by atoms with E-state index in [1.165, 1.54) is 17.4 Å². The predicted octanol–water partition coefficient (Wildman–Crippen LogP) is 3.88. The van der Waals surface area contributed by atoms with Crippen molar-refractivity contribution in [2.45, 2.75) is 33.0 Å². The van der Waals surface area contributed by atoms with E-state index in [4.69, 9.17) is 4.99 Å². The molecule has 5 rings (SSSR count). The monoisotopic (exact) mass is 551 g/mol. The van der Waals surface area contributed by atoms with Gasteiger partial charge in [-0.05, 0) is 64.1 Å². The number of aliphatic carboxylic acids is 1. The summed E-state index contributed by atoms with van der Waals surface area (Å²) in [5, 5.41) is 19.5. The molecule has 4 heterocycles. The Bertz CT molecular complexity index is 1490. The number of piperidine rings is 1. The lowest BCUT2D eigenvalue weighted by Crippen LogP contribution is -2.71. The van der Waals surface area contributed by atoms with Gasteiger partial charge in [0.05, 0.1) is 38.4 Å². The van der Waals surface area contributed by atoms with Crippen LogP contribution in [0.1, 0.15) is 26.0 Å². The molecule has 3 aromatic rings. The molecule has 2 amide bonds. The third-order valence-electron chi connectivity index (χ3n) is 7.50. The highest BCUT2D eigenvalue weighted by atomic mass is 32.1. The predicted molar refractivity (Wildman–Crippen MR) is 149 cm³/mol. The van der Waals surface area contributed by atoms with E-state index >= 15 is 0 Å². The fourth-order valence-electron chi connectivity index (χ4n) is 5.36. The van der Waals surface area contributed by atoms with Crippen LogP contribution in [0, 0.1) is 24.1 Å². The summed E-state index contributed by atoms with van der Waals surface area (Å²) in [6.45, 7) is 6.33. The number of carbonyl (C=O) groups is 2. The van der Waals surface area contributed by atoms with Gasteiger partial charge in [-0.1, -0.05) is 0 Å². The molecule has 0 saturated carbocycles. The number of anilines is 1. The van der Waals surface area contributed by atoms with Crippen molar-refractivity contribution in [3.63, 3.8) is 0 Å². The van der Waals surface area contributed by atoms with Gasteiger partial charge in [0.2, 0.25) is 5.79 Å². The highest BCUT2D eigenvalue weighted by Gasteiger charge is 2.57. The fraction of sp³-hybridized carbons (Fsp3) is 0.370. The van der Waals surface area contributed by atoms with E-state index in [1.54, 1.807) is 55.7 Å². The van der Waals surface area contributed by atoms with E-state index < -0.39 is 34.9 Å². The lowest BCUT2D eigenvalue weighted by molar-refractivity contribution is -0.155. The number of urea groups is 1. The number of hydrogen-bond acceptors (Lipinski definition) is 8. The highest BCUT2D eigenvalue weighted by molar-refractivity contribution is 7.17. The molecule has 0 bridgehead atoms. The van der Waals surface area contributed by atoms with E-state index in [1.807, 2.05) is 12.1 Å². The van der Waals surface area contributed by atoms with Gasteiger partial charge >= 0.3 is 12.0 Å². The second-order valence-corrected chi connectivity index (χ2v) is 10.7. The van der Waals surface area contributed by atoms with E-state index in [2.05, 4.69) is 25.9 Å². The number of rotatable bonds is 6. The maximum atomic E-state index is 14.1. The van der Waals surface area contributed by atoms with Crippen LogP contribution in [0.15, 0.2) is 47.0 Å². The van der Waals surface area contributed by atoms with Crippen molar-refractivity contribution < 1.29 is 19.1 Å². The number of pyridine rings is 1. The molecule has 4 N–H and O–H groups in total. The Balaban J connectivity index is 1.72. The summed E-state index contributed by atoms with van der Waals surface area (Å²) in [7, 11) is 0. The molecule has 12 heteroatoms. The molecule has 1 aromatic carbocycles. The molecule has 0 radical (unpaired) electrons. The zero-order valence-electron chi connectivity index (χ0n) is 21.9. The van der Waals surface area contributed by atoms with Crippen LogP contribution in [-0.2, 0) is 4.79 Å². The molecular formula is C27H30FN7O3S. The van der Waals surface area contributed by atoms with Gasteiger partial charge in [0.25, 0.3) is 0 Å². The quantitative estimate of drug-likeness (QED) is 0.366. The van der Waals surface area contributed by atoms with Crippen LogP contribution < -0.4 is 20.9 Å². The number of carboxylic acid groups (broad SMARTS) is 1. The lowest BCUT2D eigenvalue weighted by atomic mass is 9.68. The number of fused-ring (bicyclic) bond motifs is 1. The topological polar surface area (TPSA) is 132 Å². The summed E-state index contributed by atoms with van der Waals surface area (Å²) in [6, 6.07) is 6.30. The van der Waals surface area contributed by atoms with E-state index in [-0.39, 0.29) is 5.69 Å². The summed E-state index contributed by atoms with van der Waals surface area (Å²) >= 11 is 1.44. The first-order chi connectivity index (χ1) is 18.7. The van der Waals surface area contributed by atoms with Crippen LogP contribution in [-0.4, -0.2) is 58.7 Å². The number of carbonyl (C=O) groups excluding carboxylic acids is 1. The molecule has 2 aromatic heterocycles. The number of nitrogens with zero attached hydrogens (tertiary/aromatic N) is 4. The molecule has 2 aliphatic rings. The molecule has 0 spiro atoms. The number of hydrogen-bond donors (Lipinski definition) is 4. The van der Waals surface area contributed by atoms with Crippen molar-refractivity contribution in [1.29, 1.82) is 0 Å². The minimum absolute atomic E-state index is 0.274. The normalized spacial score (nSPS) is 24.6. The third kappa shape index (κ3) is 4.63. The Kier molecular flexibility index (Phi) is 7.08. The van der Waals surface area contributed by atoms with Gasteiger partial charge in [-0.3, -0.25) is 15.1 Å². The SMILES string of the molecule is CCNC(=O)NC1(C2CNCCC2(C)C(=O)O)N=CC=CN1c1cc(-c2ccc(F)c(C)n2)c2scnc2c1. The van der Waals surface area contributed by atoms with E-state index in [0.29, 0.717) is 43.0 Å². The highest BCUT2D eigenvalue weighted by Crippen LogP contribution is 2.46. The van der Waals surface area contributed by atoms with Crippen LogP contribution in [0.2, 0.25) is 0 Å². The van der Waals surface area contributed by atoms with Crippen molar-refractivity contribution in [1.82, 2.24) is 25.9 Å². The maximum Gasteiger partial charge on any atom is 0.318 e. The summed E-state index contributed by atoms with van der Waals surface area (Å²) in [4.78, 5) is 41.3. The van der Waals surface area contributed by atoms with Crippen molar-refractivity contribution in [2.24, 2.45) is 16.3 Å². The molecule has 3 unspecified atom stereocenters. The molecule has 39 heavy (non-hydrogen) atoms. The number of allylic oxidation sites excluding steroid dienone is 1. The van der Waals surface area contributed by atoms with Gasteiger partial charge in [-0.2, -0.15) is 0 Å². The third-order valence-corrected chi connectivity index (χ3v) is 8.38. The van der Waals surface area contributed by atoms with Gasteiger partial charge in [0.1, 0.15) is 5.82 Å². The number of amides is 2. The minimum Gasteiger partial charge on any atom is -0.481 e. The average Bonchev–Trinajstić information content (AvgIpc) is 3.39. The van der Waals surface area contributed by atoms with Gasteiger partial charge in [-0.15, -0.1) is 11.3 Å². The zero-order chi connectivity index (χ0) is 27.8. The minimum atomic E-state index is -1.48. The number of aromatic nitrogens is 2. The van der Waals surface area contributed by atoms with Gasteiger partial charge in [-0.25, -0.2) is 19.2 Å².